The molecule has 3 aromatic rings. The summed E-state index contributed by atoms with van der Waals surface area (Å²) in [6.07, 6.45) is 0.607. The lowest BCUT2D eigenvalue weighted by atomic mass is 10.0. The first-order valence-electron chi connectivity index (χ1n) is 8.93. The predicted molar refractivity (Wildman–Crippen MR) is 104 cm³/mol. The number of H-pyrrole nitrogens is 1. The van der Waals surface area contributed by atoms with Gasteiger partial charge in [0.1, 0.15) is 17.4 Å². The molecule has 1 aromatic heterocycles. The lowest BCUT2D eigenvalue weighted by molar-refractivity contribution is 0.198. The number of nitrogens with one attached hydrogen (secondary N) is 1. The Morgan fingerprint density at radius 1 is 1.24 bits per heavy atom. The third-order valence-electron chi connectivity index (χ3n) is 4.90. The van der Waals surface area contributed by atoms with Gasteiger partial charge in [0.25, 0.3) is 0 Å². The van der Waals surface area contributed by atoms with Gasteiger partial charge in [0.05, 0.1) is 22.6 Å². The first-order valence-corrected chi connectivity index (χ1v) is 10.7. The number of nitrogens with zero attached hydrogens (tertiary/aromatic N) is 1. The number of aromatic nitrogens is 1. The Morgan fingerprint density at radius 2 is 1.97 bits per heavy atom. The van der Waals surface area contributed by atoms with Crippen LogP contribution in [0.2, 0.25) is 0 Å². The van der Waals surface area contributed by atoms with Crippen LogP contribution in [0.1, 0.15) is 6.42 Å². The average molecular weight is 424 g/mol. The molecule has 0 saturated carbocycles. The van der Waals surface area contributed by atoms with Crippen LogP contribution in [0.3, 0.4) is 0 Å². The quantitative estimate of drug-likeness (QED) is 0.469. The number of aliphatic hydroxyl groups excluding tert-OH is 1. The van der Waals surface area contributed by atoms with E-state index >= 15 is 4.39 Å². The molecule has 0 bridgehead atoms. The molecule has 10 heteroatoms. The van der Waals surface area contributed by atoms with Crippen molar-refractivity contribution >= 4 is 24.2 Å². The largest absolute Gasteiger partial charge is 0.479 e. The number of ether oxygens (including phenoxy) is 1. The molecule has 1 atom stereocenters. The van der Waals surface area contributed by atoms with Crippen molar-refractivity contribution in [3.8, 4) is 16.9 Å². The molecule has 4 rings (SSSR count). The number of β-amino-alcohol motifs (C(OH)–C–C–N with tert-alkyl or cyclic N) is 1. The van der Waals surface area contributed by atoms with Crippen LogP contribution in [0.15, 0.2) is 36.5 Å². The number of fused-ring (bicyclic) bond motifs is 1. The molecule has 4 N–H and O–H groups in total. The highest BCUT2D eigenvalue weighted by Crippen LogP contribution is 2.40. The summed E-state index contributed by atoms with van der Waals surface area (Å²) < 4.78 is 45.9. The smallest absolute Gasteiger partial charge is 0.362 e. The van der Waals surface area contributed by atoms with Crippen molar-refractivity contribution in [2.24, 2.45) is 0 Å². The van der Waals surface area contributed by atoms with Crippen LogP contribution in [0.5, 0.6) is 5.75 Å². The van der Waals surface area contributed by atoms with E-state index in [4.69, 9.17) is 14.5 Å². The molecule has 0 aliphatic carbocycles. The highest BCUT2D eigenvalue weighted by atomic mass is 31.2. The SMILES string of the molecule is O=P(O)(O)COc1c[nH]c2cc(F)c(-c3ccc(N4CC[C@H](O)C4)cc3)c(F)c12. The summed E-state index contributed by atoms with van der Waals surface area (Å²) in [6.45, 7) is 1.22. The molecule has 1 aliphatic rings. The fourth-order valence-corrected chi connectivity index (χ4v) is 3.84. The number of aliphatic hydroxyl groups is 1. The maximum atomic E-state index is 15.2. The van der Waals surface area contributed by atoms with E-state index in [1.165, 1.54) is 6.20 Å². The molecular formula is C19H19F2N2O5P. The maximum absolute atomic E-state index is 15.2. The summed E-state index contributed by atoms with van der Waals surface area (Å²) in [7, 11) is -4.46. The molecule has 0 radical (unpaired) electrons. The van der Waals surface area contributed by atoms with E-state index < -0.39 is 25.6 Å². The van der Waals surface area contributed by atoms with Crippen LogP contribution in [-0.2, 0) is 4.57 Å². The van der Waals surface area contributed by atoms with Crippen LogP contribution in [0, 0.1) is 11.6 Å². The summed E-state index contributed by atoms with van der Waals surface area (Å²) in [5.74, 6) is -1.77. The first-order chi connectivity index (χ1) is 13.7. The van der Waals surface area contributed by atoms with Gasteiger partial charge in [-0.25, -0.2) is 8.78 Å². The van der Waals surface area contributed by atoms with E-state index in [1.807, 2.05) is 4.90 Å². The summed E-state index contributed by atoms with van der Waals surface area (Å²) in [5.41, 5.74) is 1.02. The van der Waals surface area contributed by atoms with Crippen molar-refractivity contribution in [2.75, 3.05) is 24.3 Å². The average Bonchev–Trinajstić information content (AvgIpc) is 3.26. The predicted octanol–water partition coefficient (Wildman–Crippen LogP) is 3.20. The van der Waals surface area contributed by atoms with E-state index in [2.05, 4.69) is 4.98 Å². The van der Waals surface area contributed by atoms with Crippen LogP contribution in [-0.4, -0.2) is 45.4 Å². The fourth-order valence-electron chi connectivity index (χ4n) is 3.54. The Bertz CT molecular complexity index is 1100. The number of halogens is 2. The Kier molecular flexibility index (Phi) is 5.08. The lowest BCUT2D eigenvalue weighted by Crippen LogP contribution is -2.20. The van der Waals surface area contributed by atoms with Gasteiger partial charge in [-0.3, -0.25) is 4.57 Å². The summed E-state index contributed by atoms with van der Waals surface area (Å²) in [6, 6.07) is 7.77. The van der Waals surface area contributed by atoms with Gasteiger partial charge in [-0.15, -0.1) is 0 Å². The molecule has 2 heterocycles. The molecule has 1 aliphatic heterocycles. The topological polar surface area (TPSA) is 106 Å². The second kappa shape index (κ2) is 7.42. The normalized spacial score (nSPS) is 17.3. The van der Waals surface area contributed by atoms with Gasteiger partial charge < -0.3 is 29.5 Å². The van der Waals surface area contributed by atoms with Crippen molar-refractivity contribution in [3.05, 3.63) is 48.2 Å². The second-order valence-corrected chi connectivity index (χ2v) is 8.58. The summed E-state index contributed by atoms with van der Waals surface area (Å²) in [4.78, 5) is 22.6. The van der Waals surface area contributed by atoms with E-state index in [9.17, 15) is 14.1 Å². The monoisotopic (exact) mass is 424 g/mol. The van der Waals surface area contributed by atoms with Gasteiger partial charge in [-0.05, 0) is 30.2 Å². The minimum absolute atomic E-state index is 0.0819. The number of aromatic amines is 1. The van der Waals surface area contributed by atoms with Crippen LogP contribution >= 0.6 is 7.60 Å². The molecule has 0 amide bonds. The zero-order chi connectivity index (χ0) is 20.8. The fraction of sp³-hybridized carbons (Fsp3) is 0.263. The van der Waals surface area contributed by atoms with E-state index in [-0.39, 0.29) is 28.3 Å². The highest BCUT2D eigenvalue weighted by Gasteiger charge is 2.23. The number of hydrogen-bond donors (Lipinski definition) is 4. The van der Waals surface area contributed by atoms with Crippen molar-refractivity contribution < 1.29 is 33.0 Å². The van der Waals surface area contributed by atoms with Crippen molar-refractivity contribution in [2.45, 2.75) is 12.5 Å². The van der Waals surface area contributed by atoms with Gasteiger partial charge in [0.2, 0.25) is 0 Å². The molecule has 2 aromatic carbocycles. The zero-order valence-corrected chi connectivity index (χ0v) is 16.1. The van der Waals surface area contributed by atoms with Crippen molar-refractivity contribution in [1.82, 2.24) is 4.98 Å². The van der Waals surface area contributed by atoms with E-state index in [1.54, 1.807) is 24.3 Å². The van der Waals surface area contributed by atoms with E-state index in [0.29, 0.717) is 25.1 Å². The number of benzene rings is 2. The molecule has 7 nitrogen and oxygen atoms in total. The Balaban J connectivity index is 1.70. The number of anilines is 1. The van der Waals surface area contributed by atoms with Gasteiger partial charge in [0.15, 0.2) is 6.35 Å². The summed E-state index contributed by atoms with van der Waals surface area (Å²) in [5, 5.41) is 9.58. The van der Waals surface area contributed by atoms with Crippen molar-refractivity contribution in [1.29, 1.82) is 0 Å². The second-order valence-electron chi connectivity index (χ2n) is 7.00. The molecule has 154 valence electrons. The Morgan fingerprint density at radius 3 is 2.59 bits per heavy atom. The van der Waals surface area contributed by atoms with Gasteiger partial charge in [-0.1, -0.05) is 12.1 Å². The lowest BCUT2D eigenvalue weighted by Gasteiger charge is -2.18. The number of rotatable bonds is 5. The number of hydrogen-bond acceptors (Lipinski definition) is 4. The molecule has 0 unspecified atom stereocenters. The standard InChI is InChI=1S/C19H19F2N2O5P/c20-14-7-15-18(16(8-22-15)28-10-29(25,26)27)19(21)17(14)11-1-3-12(4-2-11)23-6-5-13(24)9-23/h1-4,7-8,13,22,24H,5-6,9-10H2,(H2,25,26,27)/t13-/m0/s1. The van der Waals surface area contributed by atoms with Crippen LogP contribution in [0.4, 0.5) is 14.5 Å². The third kappa shape index (κ3) is 4.00. The van der Waals surface area contributed by atoms with Gasteiger partial charge in [0, 0.05) is 25.0 Å². The van der Waals surface area contributed by atoms with Gasteiger partial charge in [-0.2, -0.15) is 0 Å². The van der Waals surface area contributed by atoms with Crippen LogP contribution in [0.25, 0.3) is 22.0 Å². The minimum Gasteiger partial charge on any atom is -0.479 e. The molecular weight excluding hydrogens is 405 g/mol. The van der Waals surface area contributed by atoms with Crippen LogP contribution < -0.4 is 9.64 Å². The third-order valence-corrected chi connectivity index (χ3v) is 5.36. The summed E-state index contributed by atoms with van der Waals surface area (Å²) >= 11 is 0. The Hall–Kier alpha value is -2.45. The molecule has 0 spiro atoms. The maximum Gasteiger partial charge on any atom is 0.362 e. The molecule has 1 saturated heterocycles. The molecule has 1 fully saturated rings. The molecule has 29 heavy (non-hydrogen) atoms. The minimum atomic E-state index is -4.46. The zero-order valence-electron chi connectivity index (χ0n) is 15.2. The Labute approximate surface area is 164 Å². The highest BCUT2D eigenvalue weighted by molar-refractivity contribution is 7.51. The first kappa shape index (κ1) is 19.8. The van der Waals surface area contributed by atoms with E-state index in [0.717, 1.165) is 11.8 Å². The van der Waals surface area contributed by atoms with Crippen molar-refractivity contribution in [3.63, 3.8) is 0 Å². The van der Waals surface area contributed by atoms with Gasteiger partial charge >= 0.3 is 7.60 Å².